The second-order valence-corrected chi connectivity index (χ2v) is 5.49. The minimum absolute atomic E-state index is 0.0479. The van der Waals surface area contributed by atoms with Crippen molar-refractivity contribution >= 4 is 11.6 Å². The van der Waals surface area contributed by atoms with Crippen molar-refractivity contribution in [1.82, 2.24) is 14.9 Å². The molecule has 2 unspecified atom stereocenters. The van der Waals surface area contributed by atoms with E-state index in [0.717, 1.165) is 0 Å². The van der Waals surface area contributed by atoms with Gasteiger partial charge in [-0.1, -0.05) is 6.92 Å². The summed E-state index contributed by atoms with van der Waals surface area (Å²) < 4.78 is 38.5. The van der Waals surface area contributed by atoms with Gasteiger partial charge >= 0.3 is 6.18 Å². The number of nitrogens with one attached hydrogen (secondary N) is 1. The van der Waals surface area contributed by atoms with Gasteiger partial charge in [0.2, 0.25) is 5.82 Å². The van der Waals surface area contributed by atoms with Crippen LogP contribution in [0.2, 0.25) is 0 Å². The van der Waals surface area contributed by atoms with Crippen molar-refractivity contribution in [3.63, 3.8) is 0 Å². The summed E-state index contributed by atoms with van der Waals surface area (Å²) in [6, 6.07) is 1.70. The van der Waals surface area contributed by atoms with Gasteiger partial charge < -0.3 is 15.2 Å². The second kappa shape index (κ2) is 5.64. The number of likely N-dealkylation sites (N-methyl/N-ethyl adjacent to an activating group) is 1. The molecule has 1 saturated heterocycles. The van der Waals surface area contributed by atoms with Gasteiger partial charge in [-0.25, -0.2) is 15.8 Å². The van der Waals surface area contributed by atoms with E-state index in [1.807, 2.05) is 19.0 Å². The molecule has 3 N–H and O–H groups in total. The molecule has 2 atom stereocenters. The van der Waals surface area contributed by atoms with E-state index in [1.165, 1.54) is 6.07 Å². The summed E-state index contributed by atoms with van der Waals surface area (Å²) in [6.45, 7) is 3.33. The van der Waals surface area contributed by atoms with Crippen LogP contribution in [0, 0.1) is 5.92 Å². The zero-order valence-electron chi connectivity index (χ0n) is 12.1. The first-order valence-corrected chi connectivity index (χ1v) is 6.56. The molecule has 2 heterocycles. The van der Waals surface area contributed by atoms with Gasteiger partial charge in [0.05, 0.1) is 0 Å². The molecular weight excluding hydrogens is 285 g/mol. The van der Waals surface area contributed by atoms with Gasteiger partial charge in [-0.05, 0) is 20.0 Å². The zero-order chi connectivity index (χ0) is 15.8. The topological polar surface area (TPSA) is 70.3 Å². The highest BCUT2D eigenvalue weighted by Gasteiger charge is 2.37. The largest absolute Gasteiger partial charge is 0.451 e. The van der Waals surface area contributed by atoms with E-state index in [4.69, 9.17) is 5.84 Å². The molecule has 1 aliphatic heterocycles. The Balaban J connectivity index is 2.32. The van der Waals surface area contributed by atoms with Crippen LogP contribution < -0.4 is 16.2 Å². The Kier molecular flexibility index (Phi) is 4.24. The molecule has 0 aromatic carbocycles. The lowest BCUT2D eigenvalue weighted by molar-refractivity contribution is -0.144. The first-order valence-electron chi connectivity index (χ1n) is 6.56. The fourth-order valence-electron chi connectivity index (χ4n) is 2.61. The van der Waals surface area contributed by atoms with Crippen molar-refractivity contribution in [1.29, 1.82) is 0 Å². The summed E-state index contributed by atoms with van der Waals surface area (Å²) >= 11 is 0. The van der Waals surface area contributed by atoms with Crippen LogP contribution in [-0.4, -0.2) is 48.1 Å². The maximum absolute atomic E-state index is 12.8. The number of hydrazine groups is 1. The zero-order valence-corrected chi connectivity index (χ0v) is 12.1. The summed E-state index contributed by atoms with van der Waals surface area (Å²) in [6.07, 6.45) is -4.60. The lowest BCUT2D eigenvalue weighted by atomic mass is 10.1. The number of anilines is 2. The summed E-state index contributed by atoms with van der Waals surface area (Å²) in [4.78, 5) is 10.9. The molecule has 6 nitrogen and oxygen atoms in total. The number of halogens is 3. The number of hydrogen-bond acceptors (Lipinski definition) is 6. The lowest BCUT2D eigenvalue weighted by Crippen LogP contribution is -2.34. The van der Waals surface area contributed by atoms with Crippen molar-refractivity contribution in [3.05, 3.63) is 11.9 Å². The average molecular weight is 304 g/mol. The minimum atomic E-state index is -4.60. The average Bonchev–Trinajstić information content (AvgIpc) is 2.79. The van der Waals surface area contributed by atoms with E-state index in [0.29, 0.717) is 19.0 Å². The van der Waals surface area contributed by atoms with Crippen molar-refractivity contribution in [2.45, 2.75) is 19.1 Å². The molecule has 0 saturated carbocycles. The van der Waals surface area contributed by atoms with E-state index < -0.39 is 12.0 Å². The van der Waals surface area contributed by atoms with E-state index in [9.17, 15) is 13.2 Å². The van der Waals surface area contributed by atoms with Gasteiger partial charge in [-0.15, -0.1) is 0 Å². The van der Waals surface area contributed by atoms with Crippen molar-refractivity contribution in [3.8, 4) is 0 Å². The Hall–Kier alpha value is -1.61. The molecule has 1 fully saturated rings. The quantitative estimate of drug-likeness (QED) is 0.645. The normalized spacial score (nSPS) is 23.0. The molecule has 1 aromatic heterocycles. The minimum Gasteiger partial charge on any atom is -0.355 e. The monoisotopic (exact) mass is 304 g/mol. The van der Waals surface area contributed by atoms with E-state index in [2.05, 4.69) is 27.2 Å². The summed E-state index contributed by atoms with van der Waals surface area (Å²) in [7, 11) is 3.91. The van der Waals surface area contributed by atoms with E-state index >= 15 is 0 Å². The molecule has 0 bridgehead atoms. The molecule has 0 radical (unpaired) electrons. The molecule has 118 valence electrons. The number of nitrogen functional groups attached to an aromatic ring is 1. The predicted molar refractivity (Wildman–Crippen MR) is 73.7 cm³/mol. The third kappa shape index (κ3) is 3.35. The van der Waals surface area contributed by atoms with Crippen LogP contribution in [0.15, 0.2) is 6.07 Å². The molecule has 2 rings (SSSR count). The summed E-state index contributed by atoms with van der Waals surface area (Å²) in [5.74, 6) is 4.53. The fourth-order valence-corrected chi connectivity index (χ4v) is 2.61. The summed E-state index contributed by atoms with van der Waals surface area (Å²) in [5, 5.41) is 0. The van der Waals surface area contributed by atoms with Gasteiger partial charge in [-0.3, -0.25) is 0 Å². The van der Waals surface area contributed by atoms with Crippen molar-refractivity contribution < 1.29 is 13.2 Å². The van der Waals surface area contributed by atoms with Gasteiger partial charge in [0.15, 0.2) is 0 Å². The highest BCUT2D eigenvalue weighted by molar-refractivity contribution is 5.50. The summed E-state index contributed by atoms with van der Waals surface area (Å²) in [5.41, 5.74) is 2.16. The second-order valence-electron chi connectivity index (χ2n) is 5.49. The van der Waals surface area contributed by atoms with Gasteiger partial charge in [0.1, 0.15) is 11.6 Å². The Morgan fingerprint density at radius 2 is 2.00 bits per heavy atom. The third-order valence-electron chi connectivity index (χ3n) is 3.67. The maximum Gasteiger partial charge on any atom is 0.451 e. The lowest BCUT2D eigenvalue weighted by Gasteiger charge is -2.23. The van der Waals surface area contributed by atoms with E-state index in [-0.39, 0.29) is 17.7 Å². The molecule has 21 heavy (non-hydrogen) atoms. The number of hydrogen-bond donors (Lipinski definition) is 2. The highest BCUT2D eigenvalue weighted by Crippen LogP contribution is 2.31. The fraction of sp³-hybridized carbons (Fsp3) is 0.667. The molecule has 1 aromatic rings. The third-order valence-corrected chi connectivity index (χ3v) is 3.67. The number of nitrogens with zero attached hydrogens (tertiary/aromatic N) is 4. The molecule has 0 amide bonds. The Morgan fingerprint density at radius 3 is 2.48 bits per heavy atom. The van der Waals surface area contributed by atoms with Gasteiger partial charge in [0.25, 0.3) is 0 Å². The molecule has 0 aliphatic carbocycles. The van der Waals surface area contributed by atoms with Crippen LogP contribution in [0.25, 0.3) is 0 Å². The van der Waals surface area contributed by atoms with Crippen LogP contribution in [-0.2, 0) is 6.18 Å². The maximum atomic E-state index is 12.8. The first-order chi connectivity index (χ1) is 9.72. The van der Waals surface area contributed by atoms with Crippen LogP contribution in [0.5, 0.6) is 0 Å². The van der Waals surface area contributed by atoms with Gasteiger partial charge in [0, 0.05) is 25.2 Å². The molecule has 0 spiro atoms. The highest BCUT2D eigenvalue weighted by atomic mass is 19.4. The number of alkyl halides is 3. The van der Waals surface area contributed by atoms with Crippen LogP contribution in [0.3, 0.4) is 0 Å². The smallest absolute Gasteiger partial charge is 0.355 e. The van der Waals surface area contributed by atoms with Crippen molar-refractivity contribution in [2.75, 3.05) is 37.5 Å². The standard InChI is InChI=1S/C12H19F3N6/c1-7-5-21(6-8(7)20(2)3)10-4-9(19-16)17-11(18-10)12(13,14)15/h4,7-8H,5-6,16H2,1-3H3,(H,17,18,19). The van der Waals surface area contributed by atoms with Crippen molar-refractivity contribution in [2.24, 2.45) is 11.8 Å². The molecule has 9 heteroatoms. The van der Waals surface area contributed by atoms with Crippen LogP contribution >= 0.6 is 0 Å². The molecule has 1 aliphatic rings. The Morgan fingerprint density at radius 1 is 1.33 bits per heavy atom. The number of nitrogens with two attached hydrogens (primary N) is 1. The first kappa shape index (κ1) is 15.8. The molecular formula is C12H19F3N6. The number of rotatable bonds is 3. The van der Waals surface area contributed by atoms with Crippen LogP contribution in [0.4, 0.5) is 24.8 Å². The predicted octanol–water partition coefficient (Wildman–Crippen LogP) is 1.17. The SMILES string of the molecule is CC1CN(c2cc(NN)nc(C(F)(F)F)n2)CC1N(C)C. The van der Waals surface area contributed by atoms with Gasteiger partial charge in [-0.2, -0.15) is 13.2 Å². The van der Waals surface area contributed by atoms with E-state index in [1.54, 1.807) is 0 Å². The Labute approximate surface area is 121 Å². The van der Waals surface area contributed by atoms with Crippen LogP contribution in [0.1, 0.15) is 12.7 Å². The number of aromatic nitrogens is 2. The Bertz CT molecular complexity index is 504.